The average Bonchev–Trinajstić information content (AvgIpc) is 3.23. The molecule has 2 fully saturated rings. The molecular weight excluding hydrogens is 330 g/mol. The number of methoxy groups -OCH3 is 1. The Bertz CT molecular complexity index is 578. The minimum atomic E-state index is -0.478. The molecule has 3 N–H and O–H groups in total. The van der Waals surface area contributed by atoms with Gasteiger partial charge in [-0.1, -0.05) is 12.1 Å². The normalized spacial score (nSPS) is 21.3. The van der Waals surface area contributed by atoms with Crippen molar-refractivity contribution in [2.75, 3.05) is 46.5 Å². The minimum Gasteiger partial charge on any atom is -0.497 e. The summed E-state index contributed by atoms with van der Waals surface area (Å²) in [5.74, 6) is 0.920. The summed E-state index contributed by atoms with van der Waals surface area (Å²) in [6.45, 7) is 4.34. The van der Waals surface area contributed by atoms with E-state index in [-0.39, 0.29) is 11.9 Å². The van der Waals surface area contributed by atoms with Gasteiger partial charge in [-0.25, -0.2) is 0 Å². The number of nitrogens with zero attached hydrogens (tertiary/aromatic N) is 1. The first-order valence-corrected chi connectivity index (χ1v) is 9.63. The average molecular weight is 361 g/mol. The van der Waals surface area contributed by atoms with Gasteiger partial charge in [0.25, 0.3) is 0 Å². The summed E-state index contributed by atoms with van der Waals surface area (Å²) in [5.41, 5.74) is 6.70. The highest BCUT2D eigenvalue weighted by atomic mass is 16.5. The number of nitrogens with two attached hydrogens (primary N) is 1. The van der Waals surface area contributed by atoms with E-state index in [9.17, 15) is 4.79 Å². The number of carbonyl (C=O) groups is 1. The first-order chi connectivity index (χ1) is 12.7. The SMILES string of the molecule is COc1ccc(C(CNC(=O)C2(CN)CCOCC2)N2CCCC2)cc1. The van der Waals surface area contributed by atoms with Crippen molar-refractivity contribution in [3.05, 3.63) is 29.8 Å². The van der Waals surface area contributed by atoms with Crippen LogP contribution in [0.3, 0.4) is 0 Å². The third kappa shape index (κ3) is 4.19. The molecule has 1 atom stereocenters. The lowest BCUT2D eigenvalue weighted by molar-refractivity contribution is -0.136. The van der Waals surface area contributed by atoms with E-state index in [1.54, 1.807) is 7.11 Å². The second-order valence-electron chi connectivity index (χ2n) is 7.34. The van der Waals surface area contributed by atoms with Crippen LogP contribution >= 0.6 is 0 Å². The highest BCUT2D eigenvalue weighted by molar-refractivity contribution is 5.83. The first kappa shape index (κ1) is 19.1. The second kappa shape index (κ2) is 8.84. The number of likely N-dealkylation sites (tertiary alicyclic amines) is 1. The van der Waals surface area contributed by atoms with E-state index >= 15 is 0 Å². The van der Waals surface area contributed by atoms with Crippen LogP contribution in [0.15, 0.2) is 24.3 Å². The molecule has 144 valence electrons. The van der Waals surface area contributed by atoms with Gasteiger partial charge in [-0.15, -0.1) is 0 Å². The Kier molecular flexibility index (Phi) is 6.51. The van der Waals surface area contributed by atoms with Crippen LogP contribution in [0.5, 0.6) is 5.75 Å². The number of amides is 1. The molecule has 2 aliphatic rings. The monoisotopic (exact) mass is 361 g/mol. The maximum absolute atomic E-state index is 12.9. The van der Waals surface area contributed by atoms with Crippen molar-refractivity contribution in [1.82, 2.24) is 10.2 Å². The fraction of sp³-hybridized carbons (Fsp3) is 0.650. The summed E-state index contributed by atoms with van der Waals surface area (Å²) < 4.78 is 10.7. The Labute approximate surface area is 156 Å². The Hall–Kier alpha value is -1.63. The predicted molar refractivity (Wildman–Crippen MR) is 101 cm³/mol. The molecule has 2 saturated heterocycles. The smallest absolute Gasteiger partial charge is 0.227 e. The summed E-state index contributed by atoms with van der Waals surface area (Å²) in [4.78, 5) is 15.4. The Morgan fingerprint density at radius 3 is 2.50 bits per heavy atom. The zero-order valence-electron chi connectivity index (χ0n) is 15.7. The largest absolute Gasteiger partial charge is 0.497 e. The summed E-state index contributed by atoms with van der Waals surface area (Å²) in [7, 11) is 1.67. The van der Waals surface area contributed by atoms with Gasteiger partial charge in [0.1, 0.15) is 5.75 Å². The molecule has 0 spiro atoms. The number of benzene rings is 1. The van der Waals surface area contributed by atoms with E-state index in [0.717, 1.165) is 18.8 Å². The Morgan fingerprint density at radius 1 is 1.27 bits per heavy atom. The van der Waals surface area contributed by atoms with Gasteiger partial charge < -0.3 is 20.5 Å². The van der Waals surface area contributed by atoms with Crippen molar-refractivity contribution in [1.29, 1.82) is 0 Å². The molecule has 0 bridgehead atoms. The van der Waals surface area contributed by atoms with Gasteiger partial charge in [0, 0.05) is 26.3 Å². The molecule has 3 rings (SSSR count). The Morgan fingerprint density at radius 2 is 1.92 bits per heavy atom. The highest BCUT2D eigenvalue weighted by Gasteiger charge is 2.39. The van der Waals surface area contributed by atoms with Crippen LogP contribution in [0.2, 0.25) is 0 Å². The summed E-state index contributed by atoms with van der Waals surface area (Å²) in [6, 6.07) is 8.35. The molecule has 0 aromatic heterocycles. The van der Waals surface area contributed by atoms with Crippen molar-refractivity contribution in [3.8, 4) is 5.75 Å². The zero-order chi connectivity index (χ0) is 18.4. The van der Waals surface area contributed by atoms with Crippen molar-refractivity contribution in [2.45, 2.75) is 31.7 Å². The molecule has 2 aliphatic heterocycles. The van der Waals surface area contributed by atoms with Crippen molar-refractivity contribution >= 4 is 5.91 Å². The maximum atomic E-state index is 12.9. The van der Waals surface area contributed by atoms with E-state index in [1.165, 1.54) is 18.4 Å². The molecular formula is C20H31N3O3. The van der Waals surface area contributed by atoms with Gasteiger partial charge in [-0.3, -0.25) is 9.69 Å². The standard InChI is InChI=1S/C20H31N3O3/c1-25-17-6-4-16(5-7-17)18(23-10-2-3-11-23)14-22-19(24)20(15-21)8-12-26-13-9-20/h4-7,18H,2-3,8-15,21H2,1H3,(H,22,24). The number of carbonyl (C=O) groups excluding carboxylic acids is 1. The predicted octanol–water partition coefficient (Wildman–Crippen LogP) is 1.70. The molecule has 1 aromatic rings. The lowest BCUT2D eigenvalue weighted by Gasteiger charge is -2.36. The molecule has 6 nitrogen and oxygen atoms in total. The van der Waals surface area contributed by atoms with E-state index in [0.29, 0.717) is 39.1 Å². The van der Waals surface area contributed by atoms with E-state index in [1.807, 2.05) is 12.1 Å². The number of ether oxygens (including phenoxy) is 2. The minimum absolute atomic E-state index is 0.0704. The van der Waals surface area contributed by atoms with Crippen molar-refractivity contribution < 1.29 is 14.3 Å². The lowest BCUT2D eigenvalue weighted by Crippen LogP contribution is -2.50. The van der Waals surface area contributed by atoms with Crippen LogP contribution in [0.25, 0.3) is 0 Å². The van der Waals surface area contributed by atoms with Gasteiger partial charge in [0.05, 0.1) is 18.6 Å². The zero-order valence-corrected chi connectivity index (χ0v) is 15.7. The molecule has 0 saturated carbocycles. The number of nitrogens with one attached hydrogen (secondary N) is 1. The van der Waals surface area contributed by atoms with Crippen LogP contribution in [0.1, 0.15) is 37.3 Å². The third-order valence-electron chi connectivity index (χ3n) is 5.86. The lowest BCUT2D eigenvalue weighted by atomic mass is 9.79. The summed E-state index contributed by atoms with van der Waals surface area (Å²) in [6.07, 6.45) is 3.83. The van der Waals surface area contributed by atoms with Crippen LogP contribution in [-0.2, 0) is 9.53 Å². The van der Waals surface area contributed by atoms with Gasteiger partial charge in [0.2, 0.25) is 5.91 Å². The first-order valence-electron chi connectivity index (χ1n) is 9.63. The molecule has 1 amide bonds. The number of rotatable bonds is 7. The fourth-order valence-corrected chi connectivity index (χ4v) is 4.00. The topological polar surface area (TPSA) is 76.8 Å². The molecule has 1 unspecified atom stereocenters. The van der Waals surface area contributed by atoms with Crippen molar-refractivity contribution in [2.24, 2.45) is 11.1 Å². The highest BCUT2D eigenvalue weighted by Crippen LogP contribution is 2.31. The quantitative estimate of drug-likeness (QED) is 0.773. The van der Waals surface area contributed by atoms with E-state index in [2.05, 4.69) is 22.3 Å². The van der Waals surface area contributed by atoms with Crippen LogP contribution in [-0.4, -0.2) is 57.3 Å². The van der Waals surface area contributed by atoms with Gasteiger partial charge in [-0.05, 0) is 56.5 Å². The number of hydrogen-bond acceptors (Lipinski definition) is 5. The molecule has 6 heteroatoms. The van der Waals surface area contributed by atoms with E-state index < -0.39 is 5.41 Å². The third-order valence-corrected chi connectivity index (χ3v) is 5.86. The molecule has 0 radical (unpaired) electrons. The fourth-order valence-electron chi connectivity index (χ4n) is 4.00. The second-order valence-corrected chi connectivity index (χ2v) is 7.34. The van der Waals surface area contributed by atoms with Crippen LogP contribution in [0, 0.1) is 5.41 Å². The van der Waals surface area contributed by atoms with Gasteiger partial charge in [-0.2, -0.15) is 0 Å². The van der Waals surface area contributed by atoms with E-state index in [4.69, 9.17) is 15.2 Å². The van der Waals surface area contributed by atoms with Crippen LogP contribution in [0.4, 0.5) is 0 Å². The molecule has 2 heterocycles. The van der Waals surface area contributed by atoms with Crippen molar-refractivity contribution in [3.63, 3.8) is 0 Å². The molecule has 26 heavy (non-hydrogen) atoms. The summed E-state index contributed by atoms with van der Waals surface area (Å²) >= 11 is 0. The number of hydrogen-bond donors (Lipinski definition) is 2. The maximum Gasteiger partial charge on any atom is 0.227 e. The van der Waals surface area contributed by atoms with Gasteiger partial charge in [0.15, 0.2) is 0 Å². The van der Waals surface area contributed by atoms with Gasteiger partial charge >= 0.3 is 0 Å². The molecule has 0 aliphatic carbocycles. The Balaban J connectivity index is 1.70. The molecule has 1 aromatic carbocycles. The summed E-state index contributed by atoms with van der Waals surface area (Å²) in [5, 5.41) is 3.20. The van der Waals surface area contributed by atoms with Crippen LogP contribution < -0.4 is 15.8 Å².